The normalized spacial score (nSPS) is 20.4. The molecular weight excluding hydrogens is 282 g/mol. The van der Waals surface area contributed by atoms with E-state index in [-0.39, 0.29) is 22.4 Å². The molecule has 0 atom stereocenters. The van der Waals surface area contributed by atoms with Crippen LogP contribution in [0.2, 0.25) is 0 Å². The van der Waals surface area contributed by atoms with Crippen molar-refractivity contribution < 1.29 is 9.53 Å². The van der Waals surface area contributed by atoms with Crippen LogP contribution < -0.4 is 5.56 Å². The molecular formula is C16H23N3O3. The van der Waals surface area contributed by atoms with E-state index in [1.807, 2.05) is 0 Å². The summed E-state index contributed by atoms with van der Waals surface area (Å²) in [5.74, 6) is -0.137. The van der Waals surface area contributed by atoms with Crippen molar-refractivity contribution in [3.8, 4) is 0 Å². The van der Waals surface area contributed by atoms with Crippen LogP contribution in [0.3, 0.4) is 0 Å². The van der Waals surface area contributed by atoms with Gasteiger partial charge in [0.15, 0.2) is 0 Å². The Morgan fingerprint density at radius 2 is 2.14 bits per heavy atom. The number of carbonyl (C=O) groups is 1. The van der Waals surface area contributed by atoms with Crippen molar-refractivity contribution in [2.24, 2.45) is 12.5 Å². The predicted octanol–water partition coefficient (Wildman–Crippen LogP) is 0.180. The van der Waals surface area contributed by atoms with Crippen molar-refractivity contribution >= 4 is 5.91 Å². The number of ether oxygens (including phenoxy) is 1. The van der Waals surface area contributed by atoms with Gasteiger partial charge in [-0.15, -0.1) is 0 Å². The van der Waals surface area contributed by atoms with Gasteiger partial charge in [0.05, 0.1) is 6.61 Å². The second-order valence-corrected chi connectivity index (χ2v) is 6.52. The molecule has 0 aromatic carbocycles. The molecule has 0 aliphatic carbocycles. The lowest BCUT2D eigenvalue weighted by Gasteiger charge is -2.48. The summed E-state index contributed by atoms with van der Waals surface area (Å²) in [4.78, 5) is 28.7. The van der Waals surface area contributed by atoms with E-state index in [1.54, 1.807) is 37.4 Å². The first-order chi connectivity index (χ1) is 10.5. The van der Waals surface area contributed by atoms with E-state index in [0.717, 1.165) is 45.8 Å². The van der Waals surface area contributed by atoms with Gasteiger partial charge in [0.1, 0.15) is 5.56 Å². The second kappa shape index (κ2) is 5.85. The number of hydrogen-bond acceptors (Lipinski definition) is 4. The Hall–Kier alpha value is -1.66. The van der Waals surface area contributed by atoms with Crippen molar-refractivity contribution in [3.63, 3.8) is 0 Å². The van der Waals surface area contributed by atoms with Crippen LogP contribution in [0.1, 0.15) is 16.8 Å². The van der Waals surface area contributed by atoms with Gasteiger partial charge in [0, 0.05) is 51.9 Å². The number of hydrogen-bond donors (Lipinski definition) is 0. The Kier molecular flexibility index (Phi) is 4.06. The lowest BCUT2D eigenvalue weighted by Crippen LogP contribution is -2.60. The predicted molar refractivity (Wildman–Crippen MR) is 83.0 cm³/mol. The van der Waals surface area contributed by atoms with Gasteiger partial charge in [-0.3, -0.25) is 9.59 Å². The Morgan fingerprint density at radius 1 is 1.36 bits per heavy atom. The number of nitrogens with zero attached hydrogens (tertiary/aromatic N) is 3. The maximum absolute atomic E-state index is 12.5. The fourth-order valence-electron chi connectivity index (χ4n) is 3.53. The number of carbonyl (C=O) groups excluding carboxylic acids is 1. The lowest BCUT2D eigenvalue weighted by molar-refractivity contribution is 0.00952. The number of likely N-dealkylation sites (tertiary alicyclic amines) is 2. The largest absolute Gasteiger partial charge is 0.383 e. The van der Waals surface area contributed by atoms with E-state index in [2.05, 4.69) is 4.90 Å². The highest BCUT2D eigenvalue weighted by atomic mass is 16.5. The highest BCUT2D eigenvalue weighted by Gasteiger charge is 2.49. The topological polar surface area (TPSA) is 54.8 Å². The first-order valence-electron chi connectivity index (χ1n) is 7.71. The molecule has 1 spiro atoms. The molecule has 0 radical (unpaired) electrons. The van der Waals surface area contributed by atoms with Gasteiger partial charge in [-0.1, -0.05) is 0 Å². The quantitative estimate of drug-likeness (QED) is 0.796. The van der Waals surface area contributed by atoms with Gasteiger partial charge in [-0.2, -0.15) is 0 Å². The zero-order valence-corrected chi connectivity index (χ0v) is 13.2. The van der Waals surface area contributed by atoms with Crippen LogP contribution in [0.4, 0.5) is 0 Å². The molecule has 2 saturated heterocycles. The highest BCUT2D eigenvalue weighted by Crippen LogP contribution is 2.39. The summed E-state index contributed by atoms with van der Waals surface area (Å²) in [5.41, 5.74) is 0.277. The molecule has 22 heavy (non-hydrogen) atoms. The molecule has 1 aromatic heterocycles. The molecule has 0 unspecified atom stereocenters. The van der Waals surface area contributed by atoms with Crippen molar-refractivity contribution in [2.45, 2.75) is 6.42 Å². The van der Waals surface area contributed by atoms with Gasteiger partial charge in [-0.05, 0) is 25.1 Å². The van der Waals surface area contributed by atoms with Crippen LogP contribution in [0, 0.1) is 5.41 Å². The molecule has 1 amide bonds. The lowest BCUT2D eigenvalue weighted by atomic mass is 9.79. The van der Waals surface area contributed by atoms with E-state index in [4.69, 9.17) is 4.74 Å². The molecule has 0 saturated carbocycles. The zero-order valence-electron chi connectivity index (χ0n) is 13.2. The number of pyridine rings is 1. The molecule has 3 heterocycles. The van der Waals surface area contributed by atoms with Crippen LogP contribution in [0.25, 0.3) is 0 Å². The highest BCUT2D eigenvalue weighted by molar-refractivity contribution is 5.94. The third-order valence-electron chi connectivity index (χ3n) is 4.82. The number of aromatic nitrogens is 1. The summed E-state index contributed by atoms with van der Waals surface area (Å²) in [5, 5.41) is 0. The Balaban J connectivity index is 1.61. The Morgan fingerprint density at radius 3 is 2.86 bits per heavy atom. The summed E-state index contributed by atoms with van der Waals surface area (Å²) < 4.78 is 6.57. The summed E-state index contributed by atoms with van der Waals surface area (Å²) in [7, 11) is 3.39. The van der Waals surface area contributed by atoms with E-state index < -0.39 is 0 Å². The molecule has 2 aliphatic heterocycles. The summed E-state index contributed by atoms with van der Waals surface area (Å²) in [6, 6.07) is 3.36. The fraction of sp³-hybridized carbons (Fsp3) is 0.625. The molecule has 3 rings (SSSR count). The number of rotatable bonds is 4. The van der Waals surface area contributed by atoms with Gasteiger partial charge >= 0.3 is 0 Å². The van der Waals surface area contributed by atoms with Crippen molar-refractivity contribution in [2.75, 3.05) is 46.4 Å². The standard InChI is InChI=1S/C16H23N3O3/c1-17-6-3-4-13(14(17)20)15(21)19-11-16(12-19)5-7-18(10-16)8-9-22-2/h3-4,6H,5,7-12H2,1-2H3. The van der Waals surface area contributed by atoms with Crippen LogP contribution >= 0.6 is 0 Å². The number of amides is 1. The van der Waals surface area contributed by atoms with E-state index in [0.29, 0.717) is 0 Å². The third-order valence-corrected chi connectivity index (χ3v) is 4.82. The summed E-state index contributed by atoms with van der Waals surface area (Å²) >= 11 is 0. The molecule has 1 aromatic rings. The fourth-order valence-corrected chi connectivity index (χ4v) is 3.53. The van der Waals surface area contributed by atoms with Crippen LogP contribution in [-0.4, -0.2) is 66.7 Å². The minimum absolute atomic E-state index is 0.137. The number of aryl methyl sites for hydroxylation is 1. The molecule has 6 nitrogen and oxygen atoms in total. The minimum atomic E-state index is -0.221. The minimum Gasteiger partial charge on any atom is -0.383 e. The van der Waals surface area contributed by atoms with Crippen molar-refractivity contribution in [3.05, 3.63) is 34.2 Å². The molecule has 6 heteroatoms. The van der Waals surface area contributed by atoms with Crippen molar-refractivity contribution in [1.82, 2.24) is 14.4 Å². The molecule has 2 fully saturated rings. The van der Waals surface area contributed by atoms with Crippen molar-refractivity contribution in [1.29, 1.82) is 0 Å². The average molecular weight is 305 g/mol. The second-order valence-electron chi connectivity index (χ2n) is 6.52. The Labute approximate surface area is 130 Å². The zero-order chi connectivity index (χ0) is 15.7. The molecule has 2 aliphatic rings. The smallest absolute Gasteiger partial charge is 0.263 e. The monoisotopic (exact) mass is 305 g/mol. The van der Waals surface area contributed by atoms with Crippen LogP contribution in [0.5, 0.6) is 0 Å². The first-order valence-corrected chi connectivity index (χ1v) is 7.71. The van der Waals surface area contributed by atoms with Gasteiger partial charge in [0.2, 0.25) is 0 Å². The van der Waals surface area contributed by atoms with Crippen LogP contribution in [-0.2, 0) is 11.8 Å². The maximum atomic E-state index is 12.5. The summed E-state index contributed by atoms with van der Waals surface area (Å²) in [6.07, 6.45) is 2.79. The van der Waals surface area contributed by atoms with E-state index in [1.165, 1.54) is 4.57 Å². The molecule has 0 bridgehead atoms. The summed E-state index contributed by atoms with van der Waals surface area (Å²) in [6.45, 7) is 5.30. The van der Waals surface area contributed by atoms with Gasteiger partial charge < -0.3 is 19.1 Å². The molecule has 0 N–H and O–H groups in total. The first kappa shape index (κ1) is 15.2. The number of methoxy groups -OCH3 is 1. The maximum Gasteiger partial charge on any atom is 0.263 e. The van der Waals surface area contributed by atoms with Gasteiger partial charge in [-0.25, -0.2) is 0 Å². The average Bonchev–Trinajstić information content (AvgIpc) is 2.90. The molecule has 120 valence electrons. The van der Waals surface area contributed by atoms with Crippen LogP contribution in [0.15, 0.2) is 23.1 Å². The SMILES string of the molecule is COCCN1CCC2(C1)CN(C(=O)c1cccn(C)c1=O)C2. The van der Waals surface area contributed by atoms with E-state index >= 15 is 0 Å². The third kappa shape index (κ3) is 2.68. The van der Waals surface area contributed by atoms with Gasteiger partial charge in [0.25, 0.3) is 11.5 Å². The Bertz CT molecular complexity index is 619. The van der Waals surface area contributed by atoms with E-state index in [9.17, 15) is 9.59 Å².